The van der Waals surface area contributed by atoms with E-state index < -0.39 is 6.09 Å². The summed E-state index contributed by atoms with van der Waals surface area (Å²) in [5.41, 5.74) is 0.790. The van der Waals surface area contributed by atoms with Crippen LogP contribution < -0.4 is 0 Å². The maximum Gasteiger partial charge on any atom is 0.446 e. The van der Waals surface area contributed by atoms with Crippen molar-refractivity contribution in [2.24, 2.45) is 11.1 Å². The summed E-state index contributed by atoms with van der Waals surface area (Å²) in [4.78, 5) is 18.3. The van der Waals surface area contributed by atoms with E-state index in [1.165, 1.54) is 20.6 Å². The zero-order valence-electron chi connectivity index (χ0n) is 14.4. The van der Waals surface area contributed by atoms with Crippen LogP contribution >= 0.6 is 35.2 Å². The zero-order chi connectivity index (χ0) is 17.5. The van der Waals surface area contributed by atoms with E-state index in [9.17, 15) is 4.79 Å². The molecule has 0 radical (unpaired) electrons. The molecule has 134 valence electrons. The second kappa shape index (κ2) is 9.67. The number of morpholine rings is 1. The molecule has 2 rings (SSSR count). The third-order valence-corrected chi connectivity index (χ3v) is 6.45. The molecule has 0 spiro atoms. The standard InChI is InChI=1S/C15H23N3O3S3/c1-11(2)14(12-5-6-13(22-4)23-12)16-21-15(19)17(3)24-18-7-9-20-10-8-18/h5-6,11H,7-10H2,1-4H3. The molecule has 1 fully saturated rings. The van der Waals surface area contributed by atoms with Crippen molar-refractivity contribution in [2.75, 3.05) is 39.6 Å². The Morgan fingerprint density at radius 2 is 2.12 bits per heavy atom. The van der Waals surface area contributed by atoms with Gasteiger partial charge in [0.15, 0.2) is 0 Å². The van der Waals surface area contributed by atoms with Crippen LogP contribution in [0.2, 0.25) is 0 Å². The number of nitrogens with zero attached hydrogens (tertiary/aromatic N) is 3. The summed E-state index contributed by atoms with van der Waals surface area (Å²) in [6, 6.07) is 4.08. The van der Waals surface area contributed by atoms with Crippen LogP contribution in [0, 0.1) is 5.92 Å². The highest BCUT2D eigenvalue weighted by Gasteiger charge is 2.20. The first-order valence-electron chi connectivity index (χ1n) is 7.68. The summed E-state index contributed by atoms with van der Waals surface area (Å²) in [5, 5.41) is 4.13. The van der Waals surface area contributed by atoms with Crippen LogP contribution in [0.5, 0.6) is 0 Å². The molecule has 1 aromatic rings. The van der Waals surface area contributed by atoms with E-state index in [4.69, 9.17) is 9.57 Å². The lowest BCUT2D eigenvalue weighted by molar-refractivity contribution is 0.0753. The lowest BCUT2D eigenvalue weighted by atomic mass is 10.1. The molecule has 9 heteroatoms. The maximum absolute atomic E-state index is 12.2. The maximum atomic E-state index is 12.2. The minimum atomic E-state index is -0.480. The molecule has 0 unspecified atom stereocenters. The van der Waals surface area contributed by atoms with E-state index in [-0.39, 0.29) is 5.92 Å². The van der Waals surface area contributed by atoms with Gasteiger partial charge in [0.2, 0.25) is 0 Å². The average molecular weight is 390 g/mol. The minimum absolute atomic E-state index is 0.170. The summed E-state index contributed by atoms with van der Waals surface area (Å²) < 4.78 is 10.0. The van der Waals surface area contributed by atoms with Crippen molar-refractivity contribution in [3.05, 3.63) is 17.0 Å². The smallest absolute Gasteiger partial charge is 0.379 e. The molecule has 1 aliphatic heterocycles. The summed E-state index contributed by atoms with van der Waals surface area (Å²) in [5.74, 6) is 0.170. The Bertz CT molecular complexity index is 571. The highest BCUT2D eigenvalue weighted by molar-refractivity contribution is 8.00. The van der Waals surface area contributed by atoms with Crippen molar-refractivity contribution in [3.8, 4) is 0 Å². The molecule has 6 nitrogen and oxygen atoms in total. The Kier molecular flexibility index (Phi) is 7.89. The number of ether oxygens (including phenoxy) is 1. The third-order valence-electron chi connectivity index (χ3n) is 3.27. The Morgan fingerprint density at radius 1 is 1.42 bits per heavy atom. The van der Waals surface area contributed by atoms with Crippen LogP contribution in [-0.2, 0) is 9.57 Å². The molecular weight excluding hydrogens is 366 g/mol. The largest absolute Gasteiger partial charge is 0.446 e. The SMILES string of the molecule is CSc1ccc(C(=NOC(=O)N(C)SN2CCOCC2)C(C)C)s1. The summed E-state index contributed by atoms with van der Waals surface area (Å²) >= 11 is 4.69. The van der Waals surface area contributed by atoms with Crippen LogP contribution in [0.3, 0.4) is 0 Å². The van der Waals surface area contributed by atoms with Gasteiger partial charge in [-0.15, -0.1) is 23.1 Å². The molecule has 1 aliphatic rings. The lowest BCUT2D eigenvalue weighted by Gasteiger charge is -2.27. The molecular formula is C15H23N3O3S3. The third kappa shape index (κ3) is 5.66. The molecule has 0 saturated carbocycles. The first-order valence-corrected chi connectivity index (χ1v) is 10.5. The topological polar surface area (TPSA) is 54.4 Å². The van der Waals surface area contributed by atoms with Crippen molar-refractivity contribution in [2.45, 2.75) is 18.1 Å². The van der Waals surface area contributed by atoms with Crippen LogP contribution in [0.25, 0.3) is 0 Å². The van der Waals surface area contributed by atoms with Gasteiger partial charge in [-0.25, -0.2) is 13.4 Å². The second-order valence-electron chi connectivity index (χ2n) is 5.43. The van der Waals surface area contributed by atoms with E-state index in [1.54, 1.807) is 30.1 Å². The van der Waals surface area contributed by atoms with Gasteiger partial charge < -0.3 is 4.74 Å². The summed E-state index contributed by atoms with van der Waals surface area (Å²) in [6.07, 6.45) is 1.56. The zero-order valence-corrected chi connectivity index (χ0v) is 16.8. The molecule has 24 heavy (non-hydrogen) atoms. The normalized spacial score (nSPS) is 16.5. The molecule has 0 aromatic carbocycles. The van der Waals surface area contributed by atoms with Crippen molar-refractivity contribution >= 4 is 47.0 Å². The van der Waals surface area contributed by atoms with Crippen LogP contribution in [0.1, 0.15) is 18.7 Å². The first kappa shape index (κ1) is 19.6. The quantitative estimate of drug-likeness (QED) is 0.243. The van der Waals surface area contributed by atoms with Gasteiger partial charge in [0.25, 0.3) is 0 Å². The minimum Gasteiger partial charge on any atom is -0.379 e. The van der Waals surface area contributed by atoms with E-state index >= 15 is 0 Å². The Morgan fingerprint density at radius 3 is 2.71 bits per heavy atom. The summed E-state index contributed by atoms with van der Waals surface area (Å²) in [7, 11) is 1.68. The molecule has 2 heterocycles. The Hall–Kier alpha value is -0.740. The van der Waals surface area contributed by atoms with Crippen molar-refractivity contribution < 1.29 is 14.4 Å². The van der Waals surface area contributed by atoms with Gasteiger partial charge in [-0.2, -0.15) is 0 Å². The molecule has 1 amide bonds. The molecule has 0 bridgehead atoms. The second-order valence-corrected chi connectivity index (χ2v) is 8.85. The number of oxime groups is 1. The molecule has 0 aliphatic carbocycles. The fourth-order valence-corrected chi connectivity index (χ4v) is 4.41. The van der Waals surface area contributed by atoms with Crippen molar-refractivity contribution in [1.82, 2.24) is 8.61 Å². The fraction of sp³-hybridized carbons (Fsp3) is 0.600. The fourth-order valence-electron chi connectivity index (χ4n) is 1.98. The first-order chi connectivity index (χ1) is 11.5. The predicted molar refractivity (Wildman–Crippen MR) is 102 cm³/mol. The van der Waals surface area contributed by atoms with Gasteiger partial charge in [0.1, 0.15) is 5.71 Å². The molecule has 0 atom stereocenters. The molecule has 1 aromatic heterocycles. The van der Waals surface area contributed by atoms with Crippen LogP contribution in [-0.4, -0.2) is 60.0 Å². The monoisotopic (exact) mass is 389 g/mol. The number of thioether (sulfide) groups is 1. The van der Waals surface area contributed by atoms with E-state index in [2.05, 4.69) is 15.5 Å². The van der Waals surface area contributed by atoms with Crippen molar-refractivity contribution in [3.63, 3.8) is 0 Å². The van der Waals surface area contributed by atoms with Gasteiger partial charge in [-0.05, 0) is 18.4 Å². The van der Waals surface area contributed by atoms with Crippen LogP contribution in [0.4, 0.5) is 4.79 Å². The van der Waals surface area contributed by atoms with E-state index in [0.717, 1.165) is 23.7 Å². The number of amides is 1. The number of thiophene rings is 1. The molecule has 0 N–H and O–H groups in total. The molecule has 1 saturated heterocycles. The number of carbonyl (C=O) groups excluding carboxylic acids is 1. The average Bonchev–Trinajstić information content (AvgIpc) is 3.04. The highest BCUT2D eigenvalue weighted by Crippen LogP contribution is 2.27. The number of hydrogen-bond donors (Lipinski definition) is 0. The number of carbonyl (C=O) groups is 1. The number of rotatable bonds is 6. The van der Waals surface area contributed by atoms with Crippen molar-refractivity contribution in [1.29, 1.82) is 0 Å². The highest BCUT2D eigenvalue weighted by atomic mass is 32.2. The summed E-state index contributed by atoms with van der Waals surface area (Å²) in [6.45, 7) is 7.02. The van der Waals surface area contributed by atoms with E-state index in [1.807, 2.05) is 26.2 Å². The Labute approximate surface area is 155 Å². The van der Waals surface area contributed by atoms with Gasteiger partial charge in [0, 0.05) is 38.2 Å². The predicted octanol–water partition coefficient (Wildman–Crippen LogP) is 3.79. The van der Waals surface area contributed by atoms with Gasteiger partial charge in [0.05, 0.1) is 22.3 Å². The van der Waals surface area contributed by atoms with Gasteiger partial charge in [-0.3, -0.25) is 4.84 Å². The lowest BCUT2D eigenvalue weighted by Crippen LogP contribution is -2.35. The Balaban J connectivity index is 1.95. The van der Waals surface area contributed by atoms with Gasteiger partial charge >= 0.3 is 6.09 Å². The number of hydrogen-bond acceptors (Lipinski definition) is 8. The van der Waals surface area contributed by atoms with Gasteiger partial charge in [-0.1, -0.05) is 19.0 Å². The van der Waals surface area contributed by atoms with E-state index in [0.29, 0.717) is 13.2 Å². The van der Waals surface area contributed by atoms with Crippen LogP contribution in [0.15, 0.2) is 21.5 Å².